The van der Waals surface area contributed by atoms with E-state index in [1.807, 2.05) is 37.3 Å². The van der Waals surface area contributed by atoms with Crippen molar-refractivity contribution in [3.8, 4) is 0 Å². The van der Waals surface area contributed by atoms with Crippen LogP contribution >= 0.6 is 12.2 Å². The largest absolute Gasteiger partial charge is 0.361 e. The summed E-state index contributed by atoms with van der Waals surface area (Å²) in [5.74, 6) is 0. The lowest BCUT2D eigenvalue weighted by Gasteiger charge is -2.17. The molecule has 1 aromatic heterocycles. The Morgan fingerprint density at radius 2 is 2.18 bits per heavy atom. The predicted octanol–water partition coefficient (Wildman–Crippen LogP) is 2.02. The SMILES string of the molecule is C[C@@H](NC(=S)NCCn1cc([N+](=O)[O-])cn1)c1ccccc1. The van der Waals surface area contributed by atoms with Gasteiger partial charge in [0.1, 0.15) is 12.4 Å². The number of nitrogens with zero attached hydrogens (tertiary/aromatic N) is 3. The third kappa shape index (κ3) is 4.52. The average molecular weight is 319 g/mol. The molecule has 0 spiro atoms. The van der Waals surface area contributed by atoms with Crippen LogP contribution in [0.1, 0.15) is 18.5 Å². The number of thiocarbonyl (C=S) groups is 1. The van der Waals surface area contributed by atoms with Crippen molar-refractivity contribution in [3.63, 3.8) is 0 Å². The van der Waals surface area contributed by atoms with Crippen molar-refractivity contribution in [2.75, 3.05) is 6.54 Å². The first-order valence-corrected chi connectivity index (χ1v) is 7.23. The van der Waals surface area contributed by atoms with E-state index in [1.165, 1.54) is 17.1 Å². The van der Waals surface area contributed by atoms with Gasteiger partial charge in [0.2, 0.25) is 0 Å². The van der Waals surface area contributed by atoms with Gasteiger partial charge in [-0.3, -0.25) is 14.8 Å². The zero-order valence-corrected chi connectivity index (χ0v) is 12.9. The van der Waals surface area contributed by atoms with Gasteiger partial charge in [-0.1, -0.05) is 30.3 Å². The third-order valence-corrected chi connectivity index (χ3v) is 3.37. The summed E-state index contributed by atoms with van der Waals surface area (Å²) in [7, 11) is 0. The van der Waals surface area contributed by atoms with Crippen LogP contribution < -0.4 is 10.6 Å². The quantitative estimate of drug-likeness (QED) is 0.481. The molecule has 2 N–H and O–H groups in total. The summed E-state index contributed by atoms with van der Waals surface area (Å²) in [4.78, 5) is 10.1. The van der Waals surface area contributed by atoms with Crippen molar-refractivity contribution in [1.82, 2.24) is 20.4 Å². The Kier molecular flexibility index (Phi) is 5.42. The molecular weight excluding hydrogens is 302 g/mol. The van der Waals surface area contributed by atoms with Crippen LogP contribution in [0.5, 0.6) is 0 Å². The van der Waals surface area contributed by atoms with Crippen LogP contribution in [0.25, 0.3) is 0 Å². The van der Waals surface area contributed by atoms with Crippen molar-refractivity contribution < 1.29 is 4.92 Å². The molecule has 2 aromatic rings. The minimum atomic E-state index is -0.468. The van der Waals surface area contributed by atoms with Gasteiger partial charge in [-0.25, -0.2) is 0 Å². The molecule has 0 fully saturated rings. The fourth-order valence-corrected chi connectivity index (χ4v) is 2.20. The molecule has 0 saturated heterocycles. The van der Waals surface area contributed by atoms with E-state index in [4.69, 9.17) is 12.2 Å². The molecule has 0 aliphatic carbocycles. The number of rotatable bonds is 6. The highest BCUT2D eigenvalue weighted by atomic mass is 32.1. The number of hydrogen-bond acceptors (Lipinski definition) is 4. The van der Waals surface area contributed by atoms with Gasteiger partial charge in [0.25, 0.3) is 0 Å². The molecule has 0 saturated carbocycles. The van der Waals surface area contributed by atoms with E-state index in [-0.39, 0.29) is 11.7 Å². The monoisotopic (exact) mass is 319 g/mol. The molecule has 8 heteroatoms. The number of aromatic nitrogens is 2. The van der Waals surface area contributed by atoms with Crippen molar-refractivity contribution >= 4 is 23.0 Å². The maximum atomic E-state index is 10.6. The topological polar surface area (TPSA) is 85.0 Å². The minimum absolute atomic E-state index is 0.0154. The fourth-order valence-electron chi connectivity index (χ4n) is 1.93. The smallest absolute Gasteiger partial charge is 0.306 e. The first-order valence-electron chi connectivity index (χ1n) is 6.82. The average Bonchev–Trinajstić information content (AvgIpc) is 2.97. The Balaban J connectivity index is 1.74. The summed E-state index contributed by atoms with van der Waals surface area (Å²) in [5, 5.41) is 21.3. The lowest BCUT2D eigenvalue weighted by molar-refractivity contribution is -0.385. The molecular formula is C14H17N5O2S. The first kappa shape index (κ1) is 15.9. The van der Waals surface area contributed by atoms with Crippen LogP contribution in [-0.2, 0) is 6.54 Å². The van der Waals surface area contributed by atoms with E-state index in [9.17, 15) is 10.1 Å². The number of hydrogen-bond donors (Lipinski definition) is 2. The second-order valence-electron chi connectivity index (χ2n) is 4.75. The highest BCUT2D eigenvalue weighted by Gasteiger charge is 2.09. The number of nitrogens with one attached hydrogen (secondary N) is 2. The van der Waals surface area contributed by atoms with E-state index < -0.39 is 4.92 Å². The predicted molar refractivity (Wildman–Crippen MR) is 87.5 cm³/mol. The van der Waals surface area contributed by atoms with Gasteiger partial charge in [-0.2, -0.15) is 5.10 Å². The molecule has 0 amide bonds. The first-order chi connectivity index (χ1) is 10.6. The molecule has 7 nitrogen and oxygen atoms in total. The number of nitro groups is 1. The highest BCUT2D eigenvalue weighted by molar-refractivity contribution is 7.80. The standard InChI is InChI=1S/C14H17N5O2S/c1-11(12-5-3-2-4-6-12)17-14(22)15-7-8-18-10-13(9-16-18)19(20)21/h2-6,9-11H,7-8H2,1H3,(H2,15,17,22)/t11-/m1/s1. The van der Waals surface area contributed by atoms with Crippen LogP contribution in [0.2, 0.25) is 0 Å². The van der Waals surface area contributed by atoms with E-state index >= 15 is 0 Å². The Morgan fingerprint density at radius 1 is 1.45 bits per heavy atom. The van der Waals surface area contributed by atoms with E-state index in [2.05, 4.69) is 15.7 Å². The zero-order chi connectivity index (χ0) is 15.9. The summed E-state index contributed by atoms with van der Waals surface area (Å²) in [6.45, 7) is 3.06. The third-order valence-electron chi connectivity index (χ3n) is 3.10. The number of benzene rings is 1. The molecule has 2 rings (SSSR count). The van der Waals surface area contributed by atoms with Gasteiger partial charge in [-0.05, 0) is 24.7 Å². The Morgan fingerprint density at radius 3 is 2.82 bits per heavy atom. The Labute approximate surface area is 133 Å². The Bertz CT molecular complexity index is 644. The molecule has 0 aliphatic rings. The molecule has 1 aromatic carbocycles. The molecule has 0 bridgehead atoms. The maximum absolute atomic E-state index is 10.6. The van der Waals surface area contributed by atoms with Gasteiger partial charge in [0, 0.05) is 6.54 Å². The van der Waals surface area contributed by atoms with Crippen molar-refractivity contribution in [3.05, 3.63) is 58.4 Å². The normalized spacial score (nSPS) is 11.7. The van der Waals surface area contributed by atoms with Crippen LogP contribution in [0.3, 0.4) is 0 Å². The van der Waals surface area contributed by atoms with Crippen molar-refractivity contribution in [1.29, 1.82) is 0 Å². The van der Waals surface area contributed by atoms with Gasteiger partial charge in [-0.15, -0.1) is 0 Å². The summed E-state index contributed by atoms with van der Waals surface area (Å²) < 4.78 is 1.51. The molecule has 1 atom stereocenters. The lowest BCUT2D eigenvalue weighted by atomic mass is 10.1. The molecule has 1 heterocycles. The lowest BCUT2D eigenvalue weighted by Crippen LogP contribution is -2.38. The molecule has 0 aliphatic heterocycles. The van der Waals surface area contributed by atoms with Gasteiger partial charge in [0.15, 0.2) is 5.11 Å². The maximum Gasteiger partial charge on any atom is 0.306 e. The highest BCUT2D eigenvalue weighted by Crippen LogP contribution is 2.10. The molecule has 22 heavy (non-hydrogen) atoms. The second-order valence-corrected chi connectivity index (χ2v) is 5.16. The van der Waals surface area contributed by atoms with Crippen molar-refractivity contribution in [2.45, 2.75) is 19.5 Å². The molecule has 116 valence electrons. The zero-order valence-electron chi connectivity index (χ0n) is 12.1. The summed E-state index contributed by atoms with van der Waals surface area (Å²) in [5.41, 5.74) is 1.13. The van der Waals surface area contributed by atoms with Crippen LogP contribution in [0, 0.1) is 10.1 Å². The van der Waals surface area contributed by atoms with Crippen LogP contribution in [0.15, 0.2) is 42.7 Å². The van der Waals surface area contributed by atoms with Crippen LogP contribution in [0.4, 0.5) is 5.69 Å². The minimum Gasteiger partial charge on any atom is -0.361 e. The van der Waals surface area contributed by atoms with Crippen LogP contribution in [-0.4, -0.2) is 26.4 Å². The second kappa shape index (κ2) is 7.51. The Hall–Kier alpha value is -2.48. The van der Waals surface area contributed by atoms with Gasteiger partial charge >= 0.3 is 5.69 Å². The molecule has 0 radical (unpaired) electrons. The summed E-state index contributed by atoms with van der Waals surface area (Å²) in [6.07, 6.45) is 2.62. The van der Waals surface area contributed by atoms with Gasteiger partial charge < -0.3 is 10.6 Å². The van der Waals surface area contributed by atoms with Crippen molar-refractivity contribution in [2.24, 2.45) is 0 Å². The molecule has 0 unspecified atom stereocenters. The van der Waals surface area contributed by atoms with E-state index in [1.54, 1.807) is 0 Å². The van der Waals surface area contributed by atoms with E-state index in [0.717, 1.165) is 5.56 Å². The summed E-state index contributed by atoms with van der Waals surface area (Å²) in [6, 6.07) is 10.1. The fraction of sp³-hybridized carbons (Fsp3) is 0.286. The van der Waals surface area contributed by atoms with E-state index in [0.29, 0.717) is 18.2 Å². The summed E-state index contributed by atoms with van der Waals surface area (Å²) >= 11 is 5.23. The van der Waals surface area contributed by atoms with Gasteiger partial charge in [0.05, 0.1) is 17.5 Å².